The van der Waals surface area contributed by atoms with Crippen molar-refractivity contribution < 1.29 is 44.6 Å². The van der Waals surface area contributed by atoms with Gasteiger partial charge in [-0.25, -0.2) is 55.2 Å². The number of methoxy groups -OCH3 is 2. The molecule has 0 saturated heterocycles. The molecule has 448 valence electrons. The first-order valence-electron chi connectivity index (χ1n) is 25.7. The number of nitrogen functional groups attached to an aromatic ring is 1. The van der Waals surface area contributed by atoms with E-state index >= 15 is 0 Å². The summed E-state index contributed by atoms with van der Waals surface area (Å²) in [6.45, 7) is 3.83. The number of hydrogen-bond acceptors (Lipinski definition) is 21. The predicted octanol–water partition coefficient (Wildman–Crippen LogP) is 11.5. The molecule has 0 spiro atoms. The first kappa shape index (κ1) is 61.7. The van der Waals surface area contributed by atoms with E-state index in [0.29, 0.717) is 61.7 Å². The van der Waals surface area contributed by atoms with E-state index in [4.69, 9.17) is 26.8 Å². The number of ether oxygens (including phenoxy) is 2. The number of halogens is 1. The lowest BCUT2D eigenvalue weighted by Crippen LogP contribution is -2.16. The number of aryl methyl sites for hydroxylation is 2. The van der Waals surface area contributed by atoms with E-state index in [1.807, 2.05) is 50.2 Å². The fourth-order valence-electron chi connectivity index (χ4n) is 8.28. The van der Waals surface area contributed by atoms with Gasteiger partial charge in [-0.2, -0.15) is 0 Å². The van der Waals surface area contributed by atoms with Crippen LogP contribution in [0.15, 0.2) is 197 Å². The van der Waals surface area contributed by atoms with E-state index < -0.39 is 39.9 Å². The molecule has 3 aromatic heterocycles. The second-order valence-electron chi connectivity index (χ2n) is 18.8. The zero-order valence-electron chi connectivity index (χ0n) is 46.5. The molecule has 30 heteroatoms. The highest BCUT2D eigenvalue weighted by Gasteiger charge is 2.24. The Morgan fingerprint density at radius 1 is 0.420 bits per heavy atom. The van der Waals surface area contributed by atoms with Crippen molar-refractivity contribution >= 4 is 132 Å². The molecule has 7 N–H and O–H groups in total. The molecular weight excluding hydrogens is 1220 g/mol. The highest BCUT2D eigenvalue weighted by atomic mass is 35.5. The van der Waals surface area contributed by atoms with Crippen molar-refractivity contribution in [3.05, 3.63) is 218 Å². The Morgan fingerprint density at radius 2 is 0.750 bits per heavy atom. The number of nitrogens with one attached hydrogen (secondary N) is 5. The standard InChI is InChI=1S/C22H19N5O5S.C22H21N5O3S.C14H9ClN4O4S/c1-14-10-15(12-17(11-14)32-2)23-21-22(25-20-9-4-3-8-19(20)24-21)26-33(30,31)18-7-5-6-16(13-18)27(28)29;1-14-10-16(13-17(11-14)30-2)24-21-22(26-20-9-4-3-8-19(20)25-21)27-31(28,29)18-7-5-6-15(23)12-18;15-13-14(17-12-7-2-1-6-11(12)16-13)18-24(22,23)10-5-3-4-9(8-10)19(20)21/h3-13H,1-2H3,(H,23,24)(H,25,26);3-13H,23H2,1-2H3,(H,24,25)(H,26,27);1-8H,(H,17,18). The van der Waals surface area contributed by atoms with E-state index in [9.17, 15) is 45.5 Å². The maximum atomic E-state index is 13.0. The third-order valence-electron chi connectivity index (χ3n) is 12.3. The van der Waals surface area contributed by atoms with E-state index in [1.54, 1.807) is 99.1 Å². The summed E-state index contributed by atoms with van der Waals surface area (Å²) in [5, 5.41) is 28.0. The summed E-state index contributed by atoms with van der Waals surface area (Å²) in [4.78, 5) is 46.2. The molecule has 26 nitrogen and oxygen atoms in total. The zero-order valence-corrected chi connectivity index (χ0v) is 49.7. The van der Waals surface area contributed by atoms with Crippen molar-refractivity contribution in [2.45, 2.75) is 28.5 Å². The van der Waals surface area contributed by atoms with E-state index in [2.05, 4.69) is 54.7 Å². The van der Waals surface area contributed by atoms with Gasteiger partial charge in [0, 0.05) is 53.5 Å². The lowest BCUT2D eigenvalue weighted by Gasteiger charge is -2.15. The fraction of sp³-hybridized carbons (Fsp3) is 0.0690. The molecule has 88 heavy (non-hydrogen) atoms. The number of hydrogen-bond donors (Lipinski definition) is 6. The average molecular weight is 1270 g/mol. The SMILES string of the molecule is COc1cc(C)cc(Nc2nc3ccccc3nc2NS(=O)(=O)c2cccc(N)c2)c1.COc1cc(C)cc(Nc2nc3ccccc3nc2NS(=O)(=O)c2cccc([N+](=O)[O-])c2)c1.O=[N+]([O-])c1cccc(S(=O)(=O)Nc2nc3ccccc3nc2Cl)c1. The van der Waals surface area contributed by atoms with Gasteiger partial charge in [0.15, 0.2) is 34.2 Å². The Bertz CT molecular complexity index is 4860. The summed E-state index contributed by atoms with van der Waals surface area (Å²) in [6.07, 6.45) is 0. The summed E-state index contributed by atoms with van der Waals surface area (Å²) in [5.41, 5.74) is 11.8. The average Bonchev–Trinajstić information content (AvgIpc) is 1.13. The first-order valence-corrected chi connectivity index (χ1v) is 30.5. The molecule has 0 fully saturated rings. The Labute approximate surface area is 507 Å². The van der Waals surface area contributed by atoms with Gasteiger partial charge in [-0.3, -0.25) is 34.4 Å². The molecule has 3 heterocycles. The Hall–Kier alpha value is -10.9. The van der Waals surface area contributed by atoms with Gasteiger partial charge in [0.2, 0.25) is 0 Å². The van der Waals surface area contributed by atoms with Gasteiger partial charge in [-0.15, -0.1) is 0 Å². The third-order valence-corrected chi connectivity index (χ3v) is 16.6. The number of nitro groups is 2. The monoisotopic (exact) mass is 1260 g/mol. The van der Waals surface area contributed by atoms with Crippen molar-refractivity contribution in [2.24, 2.45) is 0 Å². The van der Waals surface area contributed by atoms with Crippen molar-refractivity contribution in [3.8, 4) is 11.5 Å². The molecule has 0 amide bonds. The maximum Gasteiger partial charge on any atom is 0.270 e. The van der Waals surface area contributed by atoms with Crippen LogP contribution in [0.5, 0.6) is 11.5 Å². The number of nitrogens with zero attached hydrogens (tertiary/aromatic N) is 8. The van der Waals surface area contributed by atoms with Crippen LogP contribution in [0.3, 0.4) is 0 Å². The molecule has 0 unspecified atom stereocenters. The van der Waals surface area contributed by atoms with Crippen molar-refractivity contribution in [1.82, 2.24) is 29.9 Å². The molecule has 0 aliphatic carbocycles. The summed E-state index contributed by atoms with van der Waals surface area (Å²) in [6, 6.07) is 47.5. The number of aromatic nitrogens is 6. The number of nitro benzene ring substituents is 2. The number of para-hydroxylation sites is 6. The highest BCUT2D eigenvalue weighted by Crippen LogP contribution is 2.33. The van der Waals surface area contributed by atoms with Crippen LogP contribution in [0, 0.1) is 34.1 Å². The van der Waals surface area contributed by atoms with Crippen LogP contribution in [0.4, 0.5) is 57.5 Å². The van der Waals surface area contributed by atoms with E-state index in [-0.39, 0.29) is 60.3 Å². The van der Waals surface area contributed by atoms with E-state index in [1.165, 1.54) is 48.5 Å². The number of anilines is 8. The molecule has 0 bridgehead atoms. The van der Waals surface area contributed by atoms with Gasteiger partial charge in [0.05, 0.1) is 71.9 Å². The Morgan fingerprint density at radius 3 is 1.11 bits per heavy atom. The summed E-state index contributed by atoms with van der Waals surface area (Å²) < 4.78 is 94.6. The van der Waals surface area contributed by atoms with Crippen LogP contribution >= 0.6 is 11.6 Å². The van der Waals surface area contributed by atoms with Gasteiger partial charge in [0.25, 0.3) is 41.4 Å². The minimum Gasteiger partial charge on any atom is -0.497 e. The topological polar surface area (TPSA) is 371 Å². The Kier molecular flexibility index (Phi) is 18.3. The number of benzene rings is 8. The largest absolute Gasteiger partial charge is 0.497 e. The minimum atomic E-state index is -4.20. The maximum absolute atomic E-state index is 13.0. The number of fused-ring (bicyclic) bond motifs is 3. The van der Waals surface area contributed by atoms with Gasteiger partial charge >= 0.3 is 0 Å². The molecule has 8 aromatic carbocycles. The minimum absolute atomic E-state index is 0.0330. The van der Waals surface area contributed by atoms with Gasteiger partial charge in [0.1, 0.15) is 11.5 Å². The van der Waals surface area contributed by atoms with Crippen LogP contribution in [0.1, 0.15) is 11.1 Å². The number of sulfonamides is 3. The van der Waals surface area contributed by atoms with Crippen LogP contribution in [-0.4, -0.2) is 79.2 Å². The van der Waals surface area contributed by atoms with E-state index in [0.717, 1.165) is 23.3 Å². The smallest absolute Gasteiger partial charge is 0.270 e. The summed E-state index contributed by atoms with van der Waals surface area (Å²) in [5.74, 6) is 1.57. The normalized spacial score (nSPS) is 11.3. The lowest BCUT2D eigenvalue weighted by atomic mass is 10.2. The highest BCUT2D eigenvalue weighted by molar-refractivity contribution is 7.93. The molecule has 0 radical (unpaired) electrons. The van der Waals surface area contributed by atoms with Crippen molar-refractivity contribution in [2.75, 3.05) is 44.8 Å². The molecule has 0 saturated carbocycles. The molecular formula is C58H49ClN14O12S3. The van der Waals surface area contributed by atoms with Crippen LogP contribution in [0.2, 0.25) is 5.15 Å². The van der Waals surface area contributed by atoms with Crippen LogP contribution < -0.4 is 40.0 Å². The Balaban J connectivity index is 0.000000159. The van der Waals surface area contributed by atoms with Gasteiger partial charge in [-0.1, -0.05) is 66.2 Å². The summed E-state index contributed by atoms with van der Waals surface area (Å²) >= 11 is 5.97. The molecule has 0 aliphatic heterocycles. The van der Waals surface area contributed by atoms with Gasteiger partial charge < -0.3 is 25.8 Å². The molecule has 11 rings (SSSR count). The zero-order chi connectivity index (χ0) is 62.9. The molecule has 11 aromatic rings. The van der Waals surface area contributed by atoms with Crippen LogP contribution in [-0.2, 0) is 30.1 Å². The molecule has 0 aliphatic rings. The fourth-order valence-corrected chi connectivity index (χ4v) is 11.7. The number of non-ortho nitro benzene ring substituents is 2. The summed E-state index contributed by atoms with van der Waals surface area (Å²) in [7, 11) is -9.10. The molecule has 0 atom stereocenters. The number of rotatable bonds is 17. The quantitative estimate of drug-likeness (QED) is 0.0280. The van der Waals surface area contributed by atoms with Gasteiger partial charge in [-0.05, 0) is 116 Å². The van der Waals surface area contributed by atoms with Crippen molar-refractivity contribution in [1.29, 1.82) is 0 Å². The third kappa shape index (κ3) is 15.1. The predicted molar refractivity (Wildman–Crippen MR) is 335 cm³/mol. The lowest BCUT2D eigenvalue weighted by molar-refractivity contribution is -0.385. The van der Waals surface area contributed by atoms with Crippen LogP contribution in [0.25, 0.3) is 33.1 Å². The second-order valence-corrected chi connectivity index (χ2v) is 24.2. The van der Waals surface area contributed by atoms with Crippen molar-refractivity contribution in [3.63, 3.8) is 0 Å². The second kappa shape index (κ2) is 26.2. The first-order chi connectivity index (χ1) is 41.9. The number of nitrogens with two attached hydrogens (primary N) is 1.